The number of alkyl halides is 1. The van der Waals surface area contributed by atoms with E-state index >= 15 is 0 Å². The van der Waals surface area contributed by atoms with E-state index in [9.17, 15) is 0 Å². The molecule has 2 rings (SSSR count). The smallest absolute Gasteiger partial charge is 0.0494 e. The molecule has 0 spiro atoms. The van der Waals surface area contributed by atoms with Crippen LogP contribution in [0.3, 0.4) is 0 Å². The van der Waals surface area contributed by atoms with Crippen LogP contribution in [-0.4, -0.2) is 7.05 Å². The molecule has 0 N–H and O–H groups in total. The van der Waals surface area contributed by atoms with Crippen molar-refractivity contribution in [3.63, 3.8) is 0 Å². The van der Waals surface area contributed by atoms with E-state index in [0.29, 0.717) is 5.88 Å². The van der Waals surface area contributed by atoms with Crippen molar-refractivity contribution in [2.75, 3.05) is 11.9 Å². The summed E-state index contributed by atoms with van der Waals surface area (Å²) in [6.07, 6.45) is 0. The molecule has 0 atom stereocenters. The Kier molecular flexibility index (Phi) is 5.14. The molecule has 0 aliphatic rings. The summed E-state index contributed by atoms with van der Waals surface area (Å²) in [7, 11) is 2.04. The minimum Gasteiger partial charge on any atom is -0.370 e. The first kappa shape index (κ1) is 14.7. The minimum absolute atomic E-state index is 0.481. The molecule has 0 aromatic heterocycles. The molecule has 4 heteroatoms. The Bertz CT molecular complexity index is 572. The minimum atomic E-state index is 0.481. The number of rotatable bonds is 4. The van der Waals surface area contributed by atoms with Gasteiger partial charge >= 0.3 is 0 Å². The lowest BCUT2D eigenvalue weighted by molar-refractivity contribution is 0.915. The van der Waals surface area contributed by atoms with Gasteiger partial charge < -0.3 is 4.90 Å². The van der Waals surface area contributed by atoms with Gasteiger partial charge in [0.25, 0.3) is 0 Å². The molecule has 100 valence electrons. The monoisotopic (exact) mass is 357 g/mol. The highest BCUT2D eigenvalue weighted by Crippen LogP contribution is 2.27. The predicted octanol–water partition coefficient (Wildman–Crippen LogP) is 5.48. The lowest BCUT2D eigenvalue weighted by Gasteiger charge is -2.22. The van der Waals surface area contributed by atoms with E-state index in [1.165, 1.54) is 5.56 Å². The van der Waals surface area contributed by atoms with Gasteiger partial charge in [0.2, 0.25) is 0 Å². The molecular weight excluding hydrogens is 345 g/mol. The third-order valence-electron chi connectivity index (χ3n) is 2.91. The number of hydrogen-bond donors (Lipinski definition) is 0. The van der Waals surface area contributed by atoms with Crippen LogP contribution in [0.5, 0.6) is 0 Å². The molecule has 0 fully saturated rings. The van der Waals surface area contributed by atoms with Crippen LogP contribution in [-0.2, 0) is 12.4 Å². The first-order valence-electron chi connectivity index (χ1n) is 5.90. The fourth-order valence-corrected chi connectivity index (χ4v) is 2.84. The van der Waals surface area contributed by atoms with Crippen molar-refractivity contribution in [2.24, 2.45) is 0 Å². The van der Waals surface area contributed by atoms with E-state index in [1.54, 1.807) is 0 Å². The maximum absolute atomic E-state index is 6.07. The van der Waals surface area contributed by atoms with Crippen molar-refractivity contribution in [2.45, 2.75) is 12.4 Å². The second-order valence-electron chi connectivity index (χ2n) is 4.39. The topological polar surface area (TPSA) is 3.24 Å². The number of hydrogen-bond acceptors (Lipinski definition) is 1. The molecule has 0 aliphatic heterocycles. The van der Waals surface area contributed by atoms with Crippen LogP contribution in [0.25, 0.3) is 0 Å². The maximum Gasteiger partial charge on any atom is 0.0494 e. The molecule has 0 unspecified atom stereocenters. The van der Waals surface area contributed by atoms with Gasteiger partial charge in [0, 0.05) is 34.7 Å². The molecular formula is C15H14BrCl2N. The van der Waals surface area contributed by atoms with Gasteiger partial charge in [0.05, 0.1) is 0 Å². The number of halogens is 3. The van der Waals surface area contributed by atoms with Crippen LogP contribution in [0.15, 0.2) is 46.9 Å². The molecule has 0 amide bonds. The van der Waals surface area contributed by atoms with E-state index < -0.39 is 0 Å². The van der Waals surface area contributed by atoms with Crippen molar-refractivity contribution in [3.05, 3.63) is 63.1 Å². The summed E-state index contributed by atoms with van der Waals surface area (Å²) in [4.78, 5) is 2.16. The molecule has 0 aliphatic carbocycles. The summed E-state index contributed by atoms with van der Waals surface area (Å²) in [5, 5.41) is 0.727. The van der Waals surface area contributed by atoms with Crippen LogP contribution in [0.4, 0.5) is 5.69 Å². The second-order valence-corrected chi connectivity index (χ2v) is 6.01. The average Bonchev–Trinajstić information content (AvgIpc) is 2.38. The summed E-state index contributed by atoms with van der Waals surface area (Å²) in [6.45, 7) is 0.809. The molecule has 0 saturated heterocycles. The Morgan fingerprint density at radius 3 is 2.63 bits per heavy atom. The lowest BCUT2D eigenvalue weighted by atomic mass is 10.1. The normalized spacial score (nSPS) is 10.5. The molecule has 0 saturated carbocycles. The van der Waals surface area contributed by atoms with E-state index in [1.807, 2.05) is 37.4 Å². The Morgan fingerprint density at radius 2 is 1.95 bits per heavy atom. The van der Waals surface area contributed by atoms with Crippen LogP contribution in [0.1, 0.15) is 11.1 Å². The summed E-state index contributed by atoms with van der Waals surface area (Å²) < 4.78 is 1.09. The Balaban J connectivity index is 2.24. The van der Waals surface area contributed by atoms with Gasteiger partial charge in [-0.25, -0.2) is 0 Å². The lowest BCUT2D eigenvalue weighted by Crippen LogP contribution is -2.17. The zero-order chi connectivity index (χ0) is 13.8. The predicted molar refractivity (Wildman–Crippen MR) is 87.3 cm³/mol. The van der Waals surface area contributed by atoms with Gasteiger partial charge in [-0.3, -0.25) is 0 Å². The summed E-state index contributed by atoms with van der Waals surface area (Å²) in [6, 6.07) is 14.1. The Labute approximate surface area is 132 Å². The molecule has 1 nitrogen and oxygen atoms in total. The first-order chi connectivity index (χ1) is 9.10. The van der Waals surface area contributed by atoms with E-state index in [0.717, 1.165) is 27.3 Å². The average molecular weight is 359 g/mol. The molecule has 19 heavy (non-hydrogen) atoms. The van der Waals surface area contributed by atoms with Crippen LogP contribution >= 0.6 is 39.1 Å². The number of benzene rings is 2. The Morgan fingerprint density at radius 1 is 1.16 bits per heavy atom. The zero-order valence-electron chi connectivity index (χ0n) is 10.5. The molecule has 0 radical (unpaired) electrons. The molecule has 0 bridgehead atoms. The van der Waals surface area contributed by atoms with Crippen molar-refractivity contribution in [3.8, 4) is 0 Å². The summed E-state index contributed by atoms with van der Waals surface area (Å²) in [5.74, 6) is 0.481. The van der Waals surface area contributed by atoms with E-state index in [-0.39, 0.29) is 0 Å². The third-order valence-corrected chi connectivity index (χ3v) is 3.93. The maximum atomic E-state index is 6.07. The van der Waals surface area contributed by atoms with Gasteiger partial charge in [-0.05, 0) is 35.4 Å². The second kappa shape index (κ2) is 6.65. The van der Waals surface area contributed by atoms with Crippen LogP contribution in [0.2, 0.25) is 5.02 Å². The van der Waals surface area contributed by atoms with Gasteiger partial charge in [0.15, 0.2) is 0 Å². The number of nitrogens with zero attached hydrogens (tertiary/aromatic N) is 1. The van der Waals surface area contributed by atoms with Crippen LogP contribution < -0.4 is 4.90 Å². The summed E-state index contributed by atoms with van der Waals surface area (Å²) in [5.41, 5.74) is 3.39. The zero-order valence-corrected chi connectivity index (χ0v) is 13.6. The molecule has 2 aromatic rings. The van der Waals surface area contributed by atoms with Gasteiger partial charge in [-0.15, -0.1) is 11.6 Å². The highest BCUT2D eigenvalue weighted by molar-refractivity contribution is 9.10. The van der Waals surface area contributed by atoms with E-state index in [4.69, 9.17) is 23.2 Å². The fourth-order valence-electron chi connectivity index (χ4n) is 2.00. The largest absolute Gasteiger partial charge is 0.370 e. The fraction of sp³-hybridized carbons (Fsp3) is 0.200. The highest BCUT2D eigenvalue weighted by Gasteiger charge is 2.08. The van der Waals surface area contributed by atoms with Crippen LogP contribution in [0, 0.1) is 0 Å². The number of anilines is 1. The third kappa shape index (κ3) is 3.88. The van der Waals surface area contributed by atoms with Crippen molar-refractivity contribution in [1.82, 2.24) is 0 Å². The first-order valence-corrected chi connectivity index (χ1v) is 7.60. The Hall–Kier alpha value is -0.700. The van der Waals surface area contributed by atoms with Crippen molar-refractivity contribution >= 4 is 44.8 Å². The van der Waals surface area contributed by atoms with E-state index in [2.05, 4.69) is 33.0 Å². The van der Waals surface area contributed by atoms with Crippen molar-refractivity contribution in [1.29, 1.82) is 0 Å². The van der Waals surface area contributed by atoms with Crippen molar-refractivity contribution < 1.29 is 0 Å². The highest BCUT2D eigenvalue weighted by atomic mass is 79.9. The summed E-state index contributed by atoms with van der Waals surface area (Å²) >= 11 is 15.5. The van der Waals surface area contributed by atoms with Gasteiger partial charge in [0.1, 0.15) is 0 Å². The van der Waals surface area contributed by atoms with Gasteiger partial charge in [-0.2, -0.15) is 0 Å². The SMILES string of the molecule is CN(Cc1cccc(Br)c1)c1cc(Cl)ccc1CCl. The quantitative estimate of drug-likeness (QED) is 0.654. The van der Waals surface area contributed by atoms with Gasteiger partial charge in [-0.1, -0.05) is 45.7 Å². The molecule has 0 heterocycles. The standard InChI is InChI=1S/C15H14BrCl2N/c1-19(10-11-3-2-4-13(16)7-11)15-8-14(18)6-5-12(15)9-17/h2-8H,9-10H2,1H3. The molecule has 2 aromatic carbocycles.